The van der Waals surface area contributed by atoms with E-state index in [9.17, 15) is 4.79 Å². The van der Waals surface area contributed by atoms with Crippen molar-refractivity contribution in [2.45, 2.75) is 6.54 Å². The largest absolute Gasteiger partial charge is 0.497 e. The predicted molar refractivity (Wildman–Crippen MR) is 97.8 cm³/mol. The highest BCUT2D eigenvalue weighted by atomic mass is 16.5. The first-order chi connectivity index (χ1) is 12.7. The van der Waals surface area contributed by atoms with Crippen LogP contribution in [0, 0.1) is 0 Å². The molecular weight excluding hydrogens is 334 g/mol. The van der Waals surface area contributed by atoms with Gasteiger partial charge in [-0.3, -0.25) is 0 Å². The lowest BCUT2D eigenvalue weighted by molar-refractivity contribution is 0.262. The third-order valence-electron chi connectivity index (χ3n) is 3.68. The number of nitrogens with zero attached hydrogens (tertiary/aromatic N) is 3. The fraction of sp³-hybridized carbons (Fsp3) is 0.167. The van der Waals surface area contributed by atoms with E-state index in [1.165, 1.54) is 13.4 Å². The van der Waals surface area contributed by atoms with Crippen LogP contribution < -0.4 is 20.1 Å². The van der Waals surface area contributed by atoms with E-state index in [1.54, 1.807) is 36.3 Å². The van der Waals surface area contributed by atoms with Gasteiger partial charge in [-0.1, -0.05) is 12.1 Å². The lowest BCUT2D eigenvalue weighted by Gasteiger charge is -2.12. The molecule has 0 unspecified atom stereocenters. The molecule has 0 saturated carbocycles. The van der Waals surface area contributed by atoms with E-state index in [0.717, 1.165) is 5.56 Å². The second-order valence-electron chi connectivity index (χ2n) is 5.44. The number of urea groups is 1. The third-order valence-corrected chi connectivity index (χ3v) is 3.68. The van der Waals surface area contributed by atoms with Crippen LogP contribution in [0.15, 0.2) is 55.1 Å². The lowest BCUT2D eigenvalue weighted by atomic mass is 10.2. The summed E-state index contributed by atoms with van der Waals surface area (Å²) in [5.74, 6) is 1.17. The van der Waals surface area contributed by atoms with E-state index in [-0.39, 0.29) is 6.03 Å². The van der Waals surface area contributed by atoms with Gasteiger partial charge in [0.2, 0.25) is 0 Å². The van der Waals surface area contributed by atoms with Crippen molar-refractivity contribution in [2.24, 2.45) is 0 Å². The number of carbonyl (C=O) groups excluding carboxylic acids is 1. The van der Waals surface area contributed by atoms with Gasteiger partial charge in [0.25, 0.3) is 0 Å². The van der Waals surface area contributed by atoms with E-state index >= 15 is 0 Å². The normalized spacial score (nSPS) is 10.2. The van der Waals surface area contributed by atoms with Crippen molar-refractivity contribution in [3.05, 3.63) is 60.7 Å². The van der Waals surface area contributed by atoms with Gasteiger partial charge >= 0.3 is 6.03 Å². The van der Waals surface area contributed by atoms with Gasteiger partial charge in [0.15, 0.2) is 0 Å². The number of nitrogens with one attached hydrogen (secondary N) is 2. The summed E-state index contributed by atoms with van der Waals surface area (Å²) < 4.78 is 12.1. The van der Waals surface area contributed by atoms with Crippen molar-refractivity contribution in [1.29, 1.82) is 0 Å². The molecule has 3 rings (SSSR count). The van der Waals surface area contributed by atoms with E-state index in [4.69, 9.17) is 9.47 Å². The van der Waals surface area contributed by atoms with Gasteiger partial charge in [0.05, 0.1) is 26.5 Å². The number of methoxy groups -OCH3 is 2. The first kappa shape index (κ1) is 17.3. The fourth-order valence-electron chi connectivity index (χ4n) is 2.38. The maximum Gasteiger partial charge on any atom is 0.323 e. The minimum Gasteiger partial charge on any atom is -0.497 e. The molecule has 0 fully saturated rings. The molecule has 1 heterocycles. The van der Waals surface area contributed by atoms with Crippen molar-refractivity contribution < 1.29 is 14.3 Å². The van der Waals surface area contributed by atoms with Gasteiger partial charge in [-0.25, -0.2) is 14.5 Å². The number of carbonyl (C=O) groups is 1. The number of hydrogen-bond donors (Lipinski definition) is 2. The molecular formula is C18H19N5O3. The summed E-state index contributed by atoms with van der Waals surface area (Å²) in [5.41, 5.74) is 2.28. The summed E-state index contributed by atoms with van der Waals surface area (Å²) in [6.45, 7) is 0.621. The minimum atomic E-state index is -0.363. The summed E-state index contributed by atoms with van der Waals surface area (Å²) in [6, 6.07) is 12.3. The molecule has 2 aromatic carbocycles. The van der Waals surface area contributed by atoms with Crippen LogP contribution in [0.5, 0.6) is 11.5 Å². The molecule has 0 radical (unpaired) electrons. The number of anilines is 2. The first-order valence-electron chi connectivity index (χ1n) is 7.89. The molecule has 0 aliphatic heterocycles. The zero-order valence-corrected chi connectivity index (χ0v) is 14.5. The molecule has 3 aromatic rings. The average Bonchev–Trinajstić information content (AvgIpc) is 3.16. The van der Waals surface area contributed by atoms with Gasteiger partial charge in [-0.05, 0) is 29.8 Å². The summed E-state index contributed by atoms with van der Waals surface area (Å²) >= 11 is 0. The van der Waals surface area contributed by atoms with E-state index in [0.29, 0.717) is 29.4 Å². The maximum absolute atomic E-state index is 12.2. The Morgan fingerprint density at radius 1 is 1.08 bits per heavy atom. The highest BCUT2D eigenvalue weighted by Crippen LogP contribution is 2.29. The standard InChI is InChI=1S/C18H19N5O3/c1-25-15-7-8-16(17(9-15)26-2)22-18(24)21-14-5-3-13(4-6-14)10-23-12-19-11-20-23/h3-9,11-12H,10H2,1-2H3,(H2,21,22,24). The Balaban J connectivity index is 1.61. The highest BCUT2D eigenvalue weighted by Gasteiger charge is 2.09. The predicted octanol–water partition coefficient (Wildman–Crippen LogP) is 2.99. The number of amides is 2. The summed E-state index contributed by atoms with van der Waals surface area (Å²) in [5, 5.41) is 9.61. The van der Waals surface area contributed by atoms with Gasteiger partial charge in [-0.15, -0.1) is 0 Å². The SMILES string of the molecule is COc1ccc(NC(=O)Nc2ccc(Cn3cncn3)cc2)c(OC)c1. The molecule has 26 heavy (non-hydrogen) atoms. The van der Waals surface area contributed by atoms with Crippen molar-refractivity contribution in [3.63, 3.8) is 0 Å². The van der Waals surface area contributed by atoms with Crippen LogP contribution in [0.25, 0.3) is 0 Å². The number of aromatic nitrogens is 3. The van der Waals surface area contributed by atoms with E-state index < -0.39 is 0 Å². The molecule has 1 aromatic heterocycles. The Morgan fingerprint density at radius 3 is 2.54 bits per heavy atom. The second kappa shape index (κ2) is 8.02. The van der Waals surface area contributed by atoms with Crippen LogP contribution in [0.1, 0.15) is 5.56 Å². The molecule has 0 atom stereocenters. The third kappa shape index (κ3) is 4.29. The lowest BCUT2D eigenvalue weighted by Crippen LogP contribution is -2.19. The quantitative estimate of drug-likeness (QED) is 0.711. The van der Waals surface area contributed by atoms with Crippen molar-refractivity contribution in [3.8, 4) is 11.5 Å². The fourth-order valence-corrected chi connectivity index (χ4v) is 2.38. The van der Waals surface area contributed by atoms with E-state index in [2.05, 4.69) is 20.7 Å². The van der Waals surface area contributed by atoms with Crippen molar-refractivity contribution >= 4 is 17.4 Å². The number of ether oxygens (including phenoxy) is 2. The Hall–Kier alpha value is -3.55. The van der Waals surface area contributed by atoms with Gasteiger partial charge in [0.1, 0.15) is 24.2 Å². The van der Waals surface area contributed by atoms with Crippen LogP contribution in [-0.2, 0) is 6.54 Å². The number of hydrogen-bond acceptors (Lipinski definition) is 5. The topological polar surface area (TPSA) is 90.3 Å². The Labute approximate surface area is 150 Å². The first-order valence-corrected chi connectivity index (χ1v) is 7.89. The summed E-state index contributed by atoms with van der Waals surface area (Å²) in [4.78, 5) is 16.1. The van der Waals surface area contributed by atoms with Gasteiger partial charge in [0, 0.05) is 11.8 Å². The van der Waals surface area contributed by atoms with Crippen LogP contribution in [-0.4, -0.2) is 35.0 Å². The smallest absolute Gasteiger partial charge is 0.323 e. The molecule has 2 amide bonds. The van der Waals surface area contributed by atoms with E-state index in [1.807, 2.05) is 24.3 Å². The highest BCUT2D eigenvalue weighted by molar-refractivity contribution is 6.00. The molecule has 2 N–H and O–H groups in total. The summed E-state index contributed by atoms with van der Waals surface area (Å²) in [7, 11) is 3.10. The molecule has 0 aliphatic carbocycles. The zero-order valence-electron chi connectivity index (χ0n) is 14.5. The van der Waals surface area contributed by atoms with Gasteiger partial charge < -0.3 is 20.1 Å². The molecule has 0 bridgehead atoms. The van der Waals surface area contributed by atoms with Crippen LogP contribution in [0.2, 0.25) is 0 Å². The second-order valence-corrected chi connectivity index (χ2v) is 5.44. The summed E-state index contributed by atoms with van der Waals surface area (Å²) in [6.07, 6.45) is 3.15. The molecule has 0 spiro atoms. The van der Waals surface area contributed by atoms with Crippen LogP contribution in [0.4, 0.5) is 16.2 Å². The molecule has 8 nitrogen and oxygen atoms in total. The molecule has 134 valence electrons. The number of rotatable bonds is 6. The van der Waals surface area contributed by atoms with Gasteiger partial charge in [-0.2, -0.15) is 5.10 Å². The minimum absolute atomic E-state index is 0.363. The Bertz CT molecular complexity index is 863. The van der Waals surface area contributed by atoms with Crippen LogP contribution >= 0.6 is 0 Å². The zero-order chi connectivity index (χ0) is 18.4. The molecule has 0 aliphatic rings. The molecule has 8 heteroatoms. The maximum atomic E-state index is 12.2. The average molecular weight is 353 g/mol. The van der Waals surface area contributed by atoms with Crippen molar-refractivity contribution in [1.82, 2.24) is 14.8 Å². The Kier molecular flexibility index (Phi) is 5.33. The molecule has 0 saturated heterocycles. The van der Waals surface area contributed by atoms with Crippen LogP contribution in [0.3, 0.4) is 0 Å². The van der Waals surface area contributed by atoms with Crippen molar-refractivity contribution in [2.75, 3.05) is 24.9 Å². The number of benzene rings is 2. The monoisotopic (exact) mass is 353 g/mol. The Morgan fingerprint density at radius 2 is 1.88 bits per heavy atom.